The van der Waals surface area contributed by atoms with E-state index >= 15 is 0 Å². The van der Waals surface area contributed by atoms with Gasteiger partial charge in [-0.1, -0.05) is 35.7 Å². The van der Waals surface area contributed by atoms with Crippen LogP contribution in [0.1, 0.15) is 12.5 Å². The number of rotatable bonds is 8. The topological polar surface area (TPSA) is 88.1 Å². The lowest BCUT2D eigenvalue weighted by molar-refractivity contribution is 0.299. The van der Waals surface area contributed by atoms with Crippen LogP contribution in [-0.4, -0.2) is 36.2 Å². The fourth-order valence-corrected chi connectivity index (χ4v) is 4.70. The van der Waals surface area contributed by atoms with Gasteiger partial charge in [0.15, 0.2) is 17.3 Å². The third-order valence-corrected chi connectivity index (χ3v) is 7.23. The van der Waals surface area contributed by atoms with Crippen LogP contribution in [0.4, 0.5) is 0 Å². The number of furan rings is 1. The van der Waals surface area contributed by atoms with Gasteiger partial charge in [0.2, 0.25) is 5.82 Å². The van der Waals surface area contributed by atoms with Gasteiger partial charge in [-0.25, -0.2) is 4.98 Å². The highest BCUT2D eigenvalue weighted by molar-refractivity contribution is 9.10. The van der Waals surface area contributed by atoms with Crippen LogP contribution < -0.4 is 19.8 Å². The fourth-order valence-electron chi connectivity index (χ4n) is 4.04. The van der Waals surface area contributed by atoms with Crippen LogP contribution in [0.5, 0.6) is 17.2 Å². The summed E-state index contributed by atoms with van der Waals surface area (Å²) >= 11 is 10.1. The number of nitrogens with zero attached hydrogens (tertiary/aromatic N) is 3. The van der Waals surface area contributed by atoms with Gasteiger partial charge in [-0.15, -0.1) is 6.42 Å². The first-order chi connectivity index (χ1) is 19.0. The molecule has 0 aliphatic heterocycles. The van der Waals surface area contributed by atoms with Crippen molar-refractivity contribution in [3.8, 4) is 41.2 Å². The number of para-hydroxylation sites is 1. The normalized spacial score (nSPS) is 11.3. The second kappa shape index (κ2) is 11.2. The predicted molar refractivity (Wildman–Crippen MR) is 155 cm³/mol. The van der Waals surface area contributed by atoms with Crippen molar-refractivity contribution in [1.82, 2.24) is 9.66 Å². The number of benzene rings is 3. The van der Waals surface area contributed by atoms with E-state index in [1.54, 1.807) is 37.4 Å². The van der Waals surface area contributed by atoms with Gasteiger partial charge in [-0.2, -0.15) is 9.78 Å². The average molecular weight is 607 g/mol. The second-order valence-electron chi connectivity index (χ2n) is 8.14. The molecule has 0 spiro atoms. The Balaban J connectivity index is 1.69. The zero-order chi connectivity index (χ0) is 27.5. The summed E-state index contributed by atoms with van der Waals surface area (Å²) in [5, 5.41) is 5.92. The molecule has 8 nitrogen and oxygen atoms in total. The first-order valence-corrected chi connectivity index (χ1v) is 13.0. The van der Waals surface area contributed by atoms with Crippen molar-refractivity contribution in [1.29, 1.82) is 0 Å². The number of aromatic nitrogens is 2. The minimum atomic E-state index is -0.375. The molecule has 196 valence electrons. The molecule has 3 aromatic carbocycles. The molecule has 0 radical (unpaired) electrons. The fraction of sp³-hybridized carbons (Fsp3) is 0.138. The summed E-state index contributed by atoms with van der Waals surface area (Å²) in [6, 6.07) is 16.0. The van der Waals surface area contributed by atoms with Gasteiger partial charge in [0.25, 0.3) is 5.56 Å². The van der Waals surface area contributed by atoms with Gasteiger partial charge >= 0.3 is 0 Å². The highest BCUT2D eigenvalue weighted by Crippen LogP contribution is 2.42. The maximum absolute atomic E-state index is 13.6. The number of terminal acetylenes is 1. The lowest BCUT2D eigenvalue weighted by Crippen LogP contribution is -2.20. The molecule has 0 atom stereocenters. The molecule has 0 saturated carbocycles. The smallest absolute Gasteiger partial charge is 0.282 e. The maximum atomic E-state index is 13.6. The third-order valence-electron chi connectivity index (χ3n) is 5.78. The minimum Gasteiger partial charge on any atom is -0.496 e. The number of hydrogen-bond donors (Lipinski definition) is 0. The van der Waals surface area contributed by atoms with Crippen molar-refractivity contribution >= 4 is 55.6 Å². The molecule has 0 aliphatic carbocycles. The first kappa shape index (κ1) is 26.4. The Hall–Kier alpha value is -4.26. The van der Waals surface area contributed by atoms with Gasteiger partial charge in [-0.3, -0.25) is 4.79 Å². The molecule has 0 bridgehead atoms. The second-order valence-corrected chi connectivity index (χ2v) is 9.31. The molecule has 5 rings (SSSR count). The molecule has 0 saturated heterocycles. The largest absolute Gasteiger partial charge is 0.496 e. The molecule has 5 aromatic rings. The highest BCUT2D eigenvalue weighted by atomic mass is 79.9. The van der Waals surface area contributed by atoms with E-state index in [1.807, 2.05) is 31.2 Å². The average Bonchev–Trinajstić information content (AvgIpc) is 3.39. The van der Waals surface area contributed by atoms with Crippen molar-refractivity contribution in [2.24, 2.45) is 5.10 Å². The van der Waals surface area contributed by atoms with Gasteiger partial charge in [0, 0.05) is 10.0 Å². The number of ether oxygens (including phenoxy) is 3. The quantitative estimate of drug-likeness (QED) is 0.148. The van der Waals surface area contributed by atoms with Crippen molar-refractivity contribution < 1.29 is 18.6 Å². The molecule has 0 fully saturated rings. The third kappa shape index (κ3) is 4.97. The summed E-state index contributed by atoms with van der Waals surface area (Å²) in [4.78, 5) is 18.3. The summed E-state index contributed by atoms with van der Waals surface area (Å²) in [6.07, 6.45) is 6.82. The summed E-state index contributed by atoms with van der Waals surface area (Å²) in [6.45, 7) is 2.22. The molecule has 39 heavy (non-hydrogen) atoms. The lowest BCUT2D eigenvalue weighted by atomic mass is 10.2. The van der Waals surface area contributed by atoms with E-state index in [4.69, 9.17) is 41.6 Å². The first-order valence-electron chi connectivity index (χ1n) is 11.8. The molecule has 2 aromatic heterocycles. The number of hydrogen-bond acceptors (Lipinski definition) is 7. The van der Waals surface area contributed by atoms with E-state index in [1.165, 1.54) is 10.9 Å². The molecule has 0 amide bonds. The Bertz CT molecular complexity index is 1840. The summed E-state index contributed by atoms with van der Waals surface area (Å²) in [5.74, 6) is 4.30. The molecular formula is C29H21BrClN3O5. The molecular weight excluding hydrogens is 586 g/mol. The van der Waals surface area contributed by atoms with Gasteiger partial charge < -0.3 is 18.6 Å². The Labute approximate surface area is 236 Å². The van der Waals surface area contributed by atoms with E-state index in [-0.39, 0.29) is 23.0 Å². The molecule has 2 heterocycles. The molecule has 0 unspecified atom stereocenters. The van der Waals surface area contributed by atoms with Crippen LogP contribution in [0.25, 0.3) is 33.5 Å². The van der Waals surface area contributed by atoms with Gasteiger partial charge in [-0.05, 0) is 59.3 Å². The molecule has 0 aliphatic rings. The number of methoxy groups -OCH3 is 1. The van der Waals surface area contributed by atoms with Crippen LogP contribution in [0.3, 0.4) is 0 Å². The number of fused-ring (bicyclic) bond motifs is 2. The van der Waals surface area contributed by atoms with E-state index < -0.39 is 0 Å². The maximum Gasteiger partial charge on any atom is 0.282 e. The Kier molecular flexibility index (Phi) is 7.59. The minimum absolute atomic E-state index is 0.0173. The van der Waals surface area contributed by atoms with Gasteiger partial charge in [0.05, 0.1) is 36.2 Å². The SMILES string of the molecule is C#CCOc1c(OCC)cc(C=Nn2c(-c3cc4c(OC)cccc4o3)nc3ccccc3c2=O)c(Br)c1Cl. The van der Waals surface area contributed by atoms with E-state index in [2.05, 4.69) is 27.0 Å². The van der Waals surface area contributed by atoms with Crippen molar-refractivity contribution in [2.75, 3.05) is 20.3 Å². The van der Waals surface area contributed by atoms with E-state index in [0.29, 0.717) is 56.1 Å². The standard InChI is InChI=1S/C29H21BrClN3O5/c1-4-13-38-27-23(37-5-2)14-17(25(30)26(27)31)16-32-34-28(33-20-10-7-6-9-18(20)29(34)35)24-15-19-21(36-3)11-8-12-22(19)39-24/h1,6-12,14-16H,5,13H2,2-3H3. The van der Waals surface area contributed by atoms with Gasteiger partial charge in [0.1, 0.15) is 23.0 Å². The predicted octanol–water partition coefficient (Wildman–Crippen LogP) is 6.53. The summed E-state index contributed by atoms with van der Waals surface area (Å²) in [5.41, 5.74) is 1.25. The number of halogens is 2. The van der Waals surface area contributed by atoms with Crippen LogP contribution in [0.2, 0.25) is 5.02 Å². The van der Waals surface area contributed by atoms with E-state index in [9.17, 15) is 4.79 Å². The Morgan fingerprint density at radius 3 is 2.74 bits per heavy atom. The Morgan fingerprint density at radius 2 is 1.97 bits per heavy atom. The molecule has 0 N–H and O–H groups in total. The monoisotopic (exact) mass is 605 g/mol. The van der Waals surface area contributed by atoms with Crippen molar-refractivity contribution in [2.45, 2.75) is 6.92 Å². The zero-order valence-corrected chi connectivity index (χ0v) is 23.2. The van der Waals surface area contributed by atoms with E-state index in [0.717, 1.165) is 5.39 Å². The van der Waals surface area contributed by atoms with Crippen LogP contribution in [-0.2, 0) is 0 Å². The highest BCUT2D eigenvalue weighted by Gasteiger charge is 2.20. The van der Waals surface area contributed by atoms with Crippen LogP contribution in [0, 0.1) is 12.3 Å². The zero-order valence-electron chi connectivity index (χ0n) is 20.9. The molecule has 10 heteroatoms. The van der Waals surface area contributed by atoms with Crippen LogP contribution >= 0.6 is 27.5 Å². The van der Waals surface area contributed by atoms with Crippen LogP contribution in [0.15, 0.2) is 73.4 Å². The summed E-state index contributed by atoms with van der Waals surface area (Å²) < 4.78 is 24.6. The Morgan fingerprint density at radius 1 is 1.15 bits per heavy atom. The van der Waals surface area contributed by atoms with Crippen molar-refractivity contribution in [3.63, 3.8) is 0 Å². The van der Waals surface area contributed by atoms with Crippen molar-refractivity contribution in [3.05, 3.63) is 80.0 Å². The summed E-state index contributed by atoms with van der Waals surface area (Å²) in [7, 11) is 1.58. The lowest BCUT2D eigenvalue weighted by Gasteiger charge is -2.15.